The van der Waals surface area contributed by atoms with Gasteiger partial charge >= 0.3 is 17.6 Å². The van der Waals surface area contributed by atoms with Gasteiger partial charge in [0, 0.05) is 0 Å². The number of carbonyl (C=O) groups excluding carboxylic acids is 1. The molecule has 0 radical (unpaired) electrons. The highest BCUT2D eigenvalue weighted by Crippen LogP contribution is 2.28. The molecule has 0 spiro atoms. The lowest BCUT2D eigenvalue weighted by Gasteiger charge is -2.12. The number of nitro groups is 1. The first kappa shape index (κ1) is 16.4. The Bertz CT molecular complexity index is 617. The third-order valence-corrected chi connectivity index (χ3v) is 2.70. The number of benzene rings is 1. The number of halogens is 1. The van der Waals surface area contributed by atoms with Gasteiger partial charge in [0.1, 0.15) is 16.6 Å². The number of nitro benzene ring substituents is 1. The number of hydrogen-bond donors (Lipinski definition) is 3. The molecular weight excluding hydrogens is 308 g/mol. The molecule has 1 rings (SSSR count). The van der Waals surface area contributed by atoms with E-state index in [-0.39, 0.29) is 5.02 Å². The van der Waals surface area contributed by atoms with Crippen molar-refractivity contribution < 1.29 is 29.5 Å². The van der Waals surface area contributed by atoms with Crippen LogP contribution >= 0.6 is 11.6 Å². The SMILES string of the molecule is O=C(O)C[C@@H](NC(=O)c1cccc(Cl)c1[N+](=O)[O-])C(=O)O. The van der Waals surface area contributed by atoms with Crippen molar-refractivity contribution in [2.24, 2.45) is 0 Å². The van der Waals surface area contributed by atoms with Crippen LogP contribution in [0.15, 0.2) is 18.2 Å². The van der Waals surface area contributed by atoms with Crippen molar-refractivity contribution in [2.75, 3.05) is 0 Å². The lowest BCUT2D eigenvalue weighted by atomic mass is 10.1. The zero-order valence-electron chi connectivity index (χ0n) is 10.3. The van der Waals surface area contributed by atoms with Gasteiger partial charge in [0.05, 0.1) is 11.3 Å². The zero-order valence-corrected chi connectivity index (χ0v) is 11.0. The number of carboxylic acid groups (broad SMARTS) is 2. The molecule has 0 unspecified atom stereocenters. The van der Waals surface area contributed by atoms with Crippen molar-refractivity contribution in [3.8, 4) is 0 Å². The predicted molar refractivity (Wildman–Crippen MR) is 69.2 cm³/mol. The molecule has 0 aromatic heterocycles. The Labute approximate surface area is 122 Å². The third-order valence-electron chi connectivity index (χ3n) is 2.40. The molecule has 0 fully saturated rings. The molecule has 1 amide bonds. The van der Waals surface area contributed by atoms with Crippen LogP contribution in [0.2, 0.25) is 5.02 Å². The van der Waals surface area contributed by atoms with Crippen LogP contribution in [0.25, 0.3) is 0 Å². The van der Waals surface area contributed by atoms with E-state index in [9.17, 15) is 24.5 Å². The summed E-state index contributed by atoms with van der Waals surface area (Å²) < 4.78 is 0. The second kappa shape index (κ2) is 6.66. The summed E-state index contributed by atoms with van der Waals surface area (Å²) in [6.45, 7) is 0. The van der Waals surface area contributed by atoms with Crippen LogP contribution < -0.4 is 5.32 Å². The monoisotopic (exact) mass is 316 g/mol. The number of amides is 1. The van der Waals surface area contributed by atoms with Gasteiger partial charge in [-0.15, -0.1) is 0 Å². The van der Waals surface area contributed by atoms with E-state index < -0.39 is 46.5 Å². The quantitative estimate of drug-likeness (QED) is 0.521. The van der Waals surface area contributed by atoms with Gasteiger partial charge in [-0.1, -0.05) is 17.7 Å². The maximum absolute atomic E-state index is 11.9. The van der Waals surface area contributed by atoms with Crippen LogP contribution in [0, 0.1) is 10.1 Å². The number of nitrogens with one attached hydrogen (secondary N) is 1. The van der Waals surface area contributed by atoms with Crippen molar-refractivity contribution >= 4 is 35.1 Å². The summed E-state index contributed by atoms with van der Waals surface area (Å²) in [5.41, 5.74) is -1.14. The maximum Gasteiger partial charge on any atom is 0.326 e. The molecule has 0 bridgehead atoms. The second-order valence-electron chi connectivity index (χ2n) is 3.86. The summed E-state index contributed by atoms with van der Waals surface area (Å²) in [5, 5.41) is 29.9. The molecule has 0 heterocycles. The minimum Gasteiger partial charge on any atom is -0.481 e. The highest BCUT2D eigenvalue weighted by Gasteiger charge is 2.28. The maximum atomic E-state index is 11.9. The number of carboxylic acids is 2. The van der Waals surface area contributed by atoms with Crippen molar-refractivity contribution in [2.45, 2.75) is 12.5 Å². The number of carbonyl (C=O) groups is 3. The Morgan fingerprint density at radius 2 is 1.95 bits per heavy atom. The van der Waals surface area contributed by atoms with Crippen LogP contribution in [0.5, 0.6) is 0 Å². The molecule has 9 nitrogen and oxygen atoms in total. The van der Waals surface area contributed by atoms with E-state index in [0.717, 1.165) is 6.07 Å². The van der Waals surface area contributed by atoms with Crippen molar-refractivity contribution in [1.82, 2.24) is 5.32 Å². The van der Waals surface area contributed by atoms with E-state index in [1.54, 1.807) is 0 Å². The molecular formula is C11H9ClN2O7. The van der Waals surface area contributed by atoms with Crippen molar-refractivity contribution in [1.29, 1.82) is 0 Å². The summed E-state index contributed by atoms with van der Waals surface area (Å²) in [6, 6.07) is 1.84. The molecule has 112 valence electrons. The van der Waals surface area contributed by atoms with Crippen LogP contribution in [0.3, 0.4) is 0 Å². The lowest BCUT2D eigenvalue weighted by Crippen LogP contribution is -2.42. The van der Waals surface area contributed by atoms with Crippen molar-refractivity contribution in [3.63, 3.8) is 0 Å². The average molecular weight is 317 g/mol. The highest BCUT2D eigenvalue weighted by molar-refractivity contribution is 6.33. The fourth-order valence-electron chi connectivity index (χ4n) is 1.49. The number of nitrogens with zero attached hydrogens (tertiary/aromatic N) is 1. The second-order valence-corrected chi connectivity index (χ2v) is 4.26. The first-order valence-electron chi connectivity index (χ1n) is 5.42. The first-order chi connectivity index (χ1) is 9.73. The van der Waals surface area contributed by atoms with Crippen molar-refractivity contribution in [3.05, 3.63) is 38.9 Å². The topological polar surface area (TPSA) is 147 Å². The molecule has 0 aliphatic rings. The van der Waals surface area contributed by atoms with E-state index in [1.165, 1.54) is 12.1 Å². The summed E-state index contributed by atoms with van der Waals surface area (Å²) in [7, 11) is 0. The van der Waals surface area contributed by atoms with E-state index >= 15 is 0 Å². The van der Waals surface area contributed by atoms with Gasteiger partial charge in [-0.3, -0.25) is 19.7 Å². The zero-order chi connectivity index (χ0) is 16.2. The van der Waals surface area contributed by atoms with E-state index in [0.29, 0.717) is 0 Å². The largest absolute Gasteiger partial charge is 0.481 e. The van der Waals surface area contributed by atoms with Crippen LogP contribution in [-0.4, -0.2) is 39.0 Å². The number of rotatable bonds is 6. The number of para-hydroxylation sites is 1. The Hall–Kier alpha value is -2.68. The molecule has 0 aliphatic heterocycles. The Kier molecular flexibility index (Phi) is 5.19. The first-order valence-corrected chi connectivity index (χ1v) is 5.80. The Morgan fingerprint density at radius 3 is 2.43 bits per heavy atom. The van der Waals surface area contributed by atoms with Gasteiger partial charge in [0.15, 0.2) is 0 Å². The molecule has 0 saturated heterocycles. The molecule has 3 N–H and O–H groups in total. The third kappa shape index (κ3) is 4.14. The minimum atomic E-state index is -1.71. The van der Waals surface area contributed by atoms with Gasteiger partial charge in [0.25, 0.3) is 5.91 Å². The summed E-state index contributed by atoms with van der Waals surface area (Å²) in [4.78, 5) is 43.2. The summed E-state index contributed by atoms with van der Waals surface area (Å²) in [5.74, 6) is -4.11. The molecule has 0 aliphatic carbocycles. The lowest BCUT2D eigenvalue weighted by molar-refractivity contribution is -0.385. The highest BCUT2D eigenvalue weighted by atomic mass is 35.5. The standard InChI is InChI=1S/C11H9ClN2O7/c12-6-3-1-2-5(9(6)14(20)21)10(17)13-7(11(18)19)4-8(15)16/h1-3,7H,4H2,(H,13,17)(H,15,16)(H,18,19)/t7-/m1/s1. The molecule has 21 heavy (non-hydrogen) atoms. The van der Waals surface area contributed by atoms with E-state index in [1.807, 2.05) is 5.32 Å². The molecule has 0 saturated carbocycles. The van der Waals surface area contributed by atoms with Gasteiger partial charge in [0.2, 0.25) is 0 Å². The Morgan fingerprint density at radius 1 is 1.33 bits per heavy atom. The molecule has 1 aromatic rings. The number of hydrogen-bond acceptors (Lipinski definition) is 5. The van der Waals surface area contributed by atoms with Gasteiger partial charge in [-0.05, 0) is 12.1 Å². The minimum absolute atomic E-state index is 0.294. The summed E-state index contributed by atoms with van der Waals surface area (Å²) in [6.07, 6.45) is -0.866. The number of aliphatic carboxylic acids is 2. The Balaban J connectivity index is 3.09. The molecule has 1 aromatic carbocycles. The van der Waals surface area contributed by atoms with E-state index in [2.05, 4.69) is 0 Å². The predicted octanol–water partition coefficient (Wildman–Crippen LogP) is 0.906. The van der Waals surface area contributed by atoms with Crippen LogP contribution in [0.4, 0.5) is 5.69 Å². The van der Waals surface area contributed by atoms with E-state index in [4.69, 9.17) is 21.8 Å². The fourth-order valence-corrected chi connectivity index (χ4v) is 1.74. The summed E-state index contributed by atoms with van der Waals surface area (Å²) >= 11 is 5.62. The van der Waals surface area contributed by atoms with Crippen LogP contribution in [0.1, 0.15) is 16.8 Å². The van der Waals surface area contributed by atoms with Gasteiger partial charge < -0.3 is 15.5 Å². The average Bonchev–Trinajstić information content (AvgIpc) is 2.36. The van der Waals surface area contributed by atoms with Crippen LogP contribution in [-0.2, 0) is 9.59 Å². The molecule has 10 heteroatoms. The van der Waals surface area contributed by atoms with Gasteiger partial charge in [-0.25, -0.2) is 4.79 Å². The fraction of sp³-hybridized carbons (Fsp3) is 0.182. The van der Waals surface area contributed by atoms with Gasteiger partial charge in [-0.2, -0.15) is 0 Å². The smallest absolute Gasteiger partial charge is 0.326 e. The molecule has 1 atom stereocenters. The normalized spacial score (nSPS) is 11.5.